The van der Waals surface area contributed by atoms with Crippen LogP contribution in [-0.2, 0) is 0 Å². The Kier molecular flexibility index (Phi) is 6.20. The molecule has 9 nitrogen and oxygen atoms in total. The summed E-state index contributed by atoms with van der Waals surface area (Å²) in [5.74, 6) is 0.733. The SMILES string of the molecule is CCC1CCC(n2cc(NC(=O)c3cnn4ccc(N5CC[C@@H](O)C5)nc34)c(C(F)F)n2)CC1. The number of alkyl halides is 2. The molecule has 34 heavy (non-hydrogen) atoms. The molecule has 1 saturated carbocycles. The van der Waals surface area contributed by atoms with E-state index in [0.29, 0.717) is 36.9 Å². The molecule has 1 atom stereocenters. The molecule has 3 aromatic heterocycles. The third kappa shape index (κ3) is 4.36. The van der Waals surface area contributed by atoms with E-state index in [1.165, 1.54) is 16.9 Å². The van der Waals surface area contributed by atoms with Crippen molar-refractivity contribution in [3.05, 3.63) is 35.9 Å². The van der Waals surface area contributed by atoms with Crippen LogP contribution in [-0.4, -0.2) is 54.6 Å². The molecule has 182 valence electrons. The van der Waals surface area contributed by atoms with Gasteiger partial charge in [-0.1, -0.05) is 13.3 Å². The second-order valence-corrected chi connectivity index (χ2v) is 9.25. The minimum absolute atomic E-state index is 0.00999. The van der Waals surface area contributed by atoms with Crippen molar-refractivity contribution in [2.45, 2.75) is 64.0 Å². The van der Waals surface area contributed by atoms with Gasteiger partial charge in [-0.15, -0.1) is 0 Å². The fourth-order valence-electron chi connectivity index (χ4n) is 5.00. The average Bonchev–Trinajstić information content (AvgIpc) is 3.56. The molecule has 11 heteroatoms. The molecule has 0 radical (unpaired) electrons. The highest BCUT2D eigenvalue weighted by atomic mass is 19.3. The van der Waals surface area contributed by atoms with Crippen LogP contribution in [0, 0.1) is 5.92 Å². The zero-order chi connectivity index (χ0) is 23.8. The summed E-state index contributed by atoms with van der Waals surface area (Å²) in [6.45, 7) is 3.31. The highest BCUT2D eigenvalue weighted by Gasteiger charge is 2.27. The number of aliphatic hydroxyl groups is 1. The van der Waals surface area contributed by atoms with Crippen molar-refractivity contribution in [1.82, 2.24) is 24.4 Å². The number of halogens is 2. The Morgan fingerprint density at radius 2 is 2.06 bits per heavy atom. The third-order valence-electron chi connectivity index (χ3n) is 7.07. The Bertz CT molecular complexity index is 1170. The Hall–Kier alpha value is -3.08. The molecule has 1 aliphatic carbocycles. The van der Waals surface area contributed by atoms with Crippen LogP contribution in [0.25, 0.3) is 5.65 Å². The van der Waals surface area contributed by atoms with Crippen LogP contribution in [0.5, 0.6) is 0 Å². The van der Waals surface area contributed by atoms with Crippen molar-refractivity contribution < 1.29 is 18.7 Å². The highest BCUT2D eigenvalue weighted by Crippen LogP contribution is 2.36. The van der Waals surface area contributed by atoms with Crippen LogP contribution in [0.3, 0.4) is 0 Å². The predicted octanol–water partition coefficient (Wildman–Crippen LogP) is 3.83. The minimum atomic E-state index is -2.81. The standard InChI is InChI=1S/C23H29F2N7O2/c1-2-14-3-5-15(6-4-14)32-13-18(20(29-32)21(24)25)27-23(34)17-11-26-31-10-8-19(28-22(17)31)30-9-7-16(33)12-30/h8,10-11,13-16,21,33H,2-7,9,12H2,1H3,(H,27,34)/t14?,15?,16-/m1/s1. The van der Waals surface area contributed by atoms with Gasteiger partial charge in [-0.2, -0.15) is 10.2 Å². The number of aliphatic hydroxyl groups excluding tert-OH is 1. The quantitative estimate of drug-likeness (QED) is 0.564. The first-order chi connectivity index (χ1) is 16.4. The Morgan fingerprint density at radius 1 is 1.26 bits per heavy atom. The van der Waals surface area contributed by atoms with Gasteiger partial charge in [-0.05, 0) is 44.1 Å². The molecule has 2 N–H and O–H groups in total. The van der Waals surface area contributed by atoms with Crippen LogP contribution >= 0.6 is 0 Å². The summed E-state index contributed by atoms with van der Waals surface area (Å²) in [5, 5.41) is 20.7. The highest BCUT2D eigenvalue weighted by molar-refractivity contribution is 6.08. The van der Waals surface area contributed by atoms with Crippen LogP contribution in [0.1, 0.15) is 74.0 Å². The summed E-state index contributed by atoms with van der Waals surface area (Å²) in [6.07, 6.45) is 7.03. The van der Waals surface area contributed by atoms with Gasteiger partial charge in [-0.25, -0.2) is 18.3 Å². The normalized spacial score (nSPS) is 23.2. The summed E-state index contributed by atoms with van der Waals surface area (Å²) >= 11 is 0. The lowest BCUT2D eigenvalue weighted by Gasteiger charge is -2.27. The van der Waals surface area contributed by atoms with Gasteiger partial charge in [-0.3, -0.25) is 9.48 Å². The number of nitrogens with zero attached hydrogens (tertiary/aromatic N) is 6. The molecular weight excluding hydrogens is 444 g/mol. The Morgan fingerprint density at radius 3 is 2.74 bits per heavy atom. The zero-order valence-electron chi connectivity index (χ0n) is 19.1. The molecule has 1 amide bonds. The van der Waals surface area contributed by atoms with Crippen molar-refractivity contribution in [1.29, 1.82) is 0 Å². The molecule has 5 rings (SSSR count). The van der Waals surface area contributed by atoms with Gasteiger partial charge >= 0.3 is 0 Å². The minimum Gasteiger partial charge on any atom is -0.391 e. The summed E-state index contributed by atoms with van der Waals surface area (Å²) in [4.78, 5) is 19.6. The lowest BCUT2D eigenvalue weighted by atomic mass is 9.85. The molecule has 0 bridgehead atoms. The van der Waals surface area contributed by atoms with Crippen molar-refractivity contribution in [3.63, 3.8) is 0 Å². The topological polar surface area (TPSA) is 101 Å². The number of rotatable bonds is 6. The molecule has 3 aromatic rings. The third-order valence-corrected chi connectivity index (χ3v) is 7.07. The molecule has 2 aliphatic rings. The summed E-state index contributed by atoms with van der Waals surface area (Å²) in [6, 6.07) is 1.83. The summed E-state index contributed by atoms with van der Waals surface area (Å²) < 4.78 is 30.6. The maximum atomic E-state index is 13.7. The van der Waals surface area contributed by atoms with Gasteiger partial charge in [0.15, 0.2) is 11.3 Å². The first kappa shape index (κ1) is 22.7. The monoisotopic (exact) mass is 473 g/mol. The van der Waals surface area contributed by atoms with Gasteiger partial charge in [0.25, 0.3) is 12.3 Å². The number of nitrogens with one attached hydrogen (secondary N) is 1. The van der Waals surface area contributed by atoms with Crippen molar-refractivity contribution in [2.75, 3.05) is 23.3 Å². The van der Waals surface area contributed by atoms with Crippen molar-refractivity contribution in [2.24, 2.45) is 5.92 Å². The van der Waals surface area contributed by atoms with Crippen LogP contribution in [0.15, 0.2) is 24.7 Å². The maximum Gasteiger partial charge on any atom is 0.284 e. The van der Waals surface area contributed by atoms with Gasteiger partial charge < -0.3 is 15.3 Å². The second-order valence-electron chi connectivity index (χ2n) is 9.25. The van der Waals surface area contributed by atoms with Crippen molar-refractivity contribution >= 4 is 23.1 Å². The van der Waals surface area contributed by atoms with E-state index in [9.17, 15) is 18.7 Å². The summed E-state index contributed by atoms with van der Waals surface area (Å²) in [5.41, 5.74) is 0.0798. The predicted molar refractivity (Wildman–Crippen MR) is 122 cm³/mol. The van der Waals surface area contributed by atoms with Gasteiger partial charge in [0.05, 0.1) is 24.0 Å². The fraction of sp³-hybridized carbons (Fsp3) is 0.565. The number of hydrogen-bond donors (Lipinski definition) is 2. The van der Waals surface area contributed by atoms with E-state index >= 15 is 0 Å². The van der Waals surface area contributed by atoms with E-state index in [-0.39, 0.29) is 17.3 Å². The second kappa shape index (κ2) is 9.28. The molecule has 0 aromatic carbocycles. The van der Waals surface area contributed by atoms with E-state index < -0.39 is 24.1 Å². The van der Waals surface area contributed by atoms with Gasteiger partial charge in [0.1, 0.15) is 11.4 Å². The zero-order valence-corrected chi connectivity index (χ0v) is 19.1. The molecule has 1 aliphatic heterocycles. The number of hydrogen-bond acceptors (Lipinski definition) is 6. The fourth-order valence-corrected chi connectivity index (χ4v) is 5.00. The van der Waals surface area contributed by atoms with E-state index in [1.807, 2.05) is 4.90 Å². The van der Waals surface area contributed by atoms with E-state index in [4.69, 9.17) is 0 Å². The van der Waals surface area contributed by atoms with E-state index in [2.05, 4.69) is 27.4 Å². The molecule has 4 heterocycles. The first-order valence-electron chi connectivity index (χ1n) is 11.9. The van der Waals surface area contributed by atoms with Crippen molar-refractivity contribution in [3.8, 4) is 0 Å². The Balaban J connectivity index is 1.38. The smallest absolute Gasteiger partial charge is 0.284 e. The lowest BCUT2D eigenvalue weighted by Crippen LogP contribution is -2.22. The number of aromatic nitrogens is 5. The van der Waals surface area contributed by atoms with E-state index in [0.717, 1.165) is 32.1 Å². The molecule has 0 spiro atoms. The number of anilines is 2. The number of amides is 1. The average molecular weight is 474 g/mol. The molecule has 0 unspecified atom stereocenters. The maximum absolute atomic E-state index is 13.7. The number of carbonyl (C=O) groups is 1. The molecular formula is C23H29F2N7O2. The number of β-amino-alcohol motifs (C(OH)–C–C–N with tert-alkyl or cyclic N) is 1. The van der Waals surface area contributed by atoms with E-state index in [1.54, 1.807) is 16.9 Å². The van der Waals surface area contributed by atoms with Crippen LogP contribution in [0.2, 0.25) is 0 Å². The van der Waals surface area contributed by atoms with Gasteiger partial charge in [0, 0.05) is 25.5 Å². The van der Waals surface area contributed by atoms with Crippen LogP contribution < -0.4 is 10.2 Å². The number of carbonyl (C=O) groups excluding carboxylic acids is 1. The molecule has 2 fully saturated rings. The van der Waals surface area contributed by atoms with Gasteiger partial charge in [0.2, 0.25) is 0 Å². The largest absolute Gasteiger partial charge is 0.391 e. The molecule has 1 saturated heterocycles. The number of fused-ring (bicyclic) bond motifs is 1. The van der Waals surface area contributed by atoms with Crippen LogP contribution in [0.4, 0.5) is 20.3 Å². The first-order valence-corrected chi connectivity index (χ1v) is 11.9. The summed E-state index contributed by atoms with van der Waals surface area (Å²) in [7, 11) is 0. The lowest BCUT2D eigenvalue weighted by molar-refractivity contribution is 0.102. The Labute approximate surface area is 195 Å².